The van der Waals surface area contributed by atoms with Gasteiger partial charge in [0.15, 0.2) is 0 Å². The van der Waals surface area contributed by atoms with Crippen molar-refractivity contribution in [3.8, 4) is 0 Å². The van der Waals surface area contributed by atoms with Gasteiger partial charge in [-0.1, -0.05) is 40.9 Å². The molecule has 1 aromatic carbocycles. The summed E-state index contributed by atoms with van der Waals surface area (Å²) in [6.45, 7) is 3.13. The average Bonchev–Trinajstić information content (AvgIpc) is 2.96. The van der Waals surface area contributed by atoms with E-state index >= 15 is 0 Å². The van der Waals surface area contributed by atoms with Gasteiger partial charge in [-0.2, -0.15) is 4.37 Å². The van der Waals surface area contributed by atoms with Crippen LogP contribution in [0.1, 0.15) is 24.2 Å². The number of aromatic nitrogens is 2. The van der Waals surface area contributed by atoms with E-state index in [2.05, 4.69) is 20.8 Å². The SMILES string of the molecule is Cc1nsc(NC(=O)N2CCC(=Cc3ccc(Cl)cc3Cl)CC2)n1. The molecule has 0 radical (unpaired) electrons. The fourth-order valence-corrected chi connectivity index (χ4v) is 3.53. The summed E-state index contributed by atoms with van der Waals surface area (Å²) in [4.78, 5) is 18.2. The third kappa shape index (κ3) is 4.26. The molecule has 2 aromatic rings. The second-order valence-corrected chi connectivity index (χ2v) is 7.13. The number of nitrogens with zero attached hydrogens (tertiary/aromatic N) is 3. The van der Waals surface area contributed by atoms with Crippen LogP contribution in [0, 0.1) is 6.92 Å². The molecule has 1 aromatic heterocycles. The standard InChI is InChI=1S/C16H16Cl2N4OS/c1-10-19-15(24-21-10)20-16(23)22-6-4-11(5-7-22)8-12-2-3-13(17)9-14(12)18/h2-3,8-9H,4-7H2,1H3,(H,19,20,21,23). The highest BCUT2D eigenvalue weighted by Crippen LogP contribution is 2.26. The molecule has 1 saturated heterocycles. The Kier molecular flexibility index (Phi) is 5.38. The lowest BCUT2D eigenvalue weighted by atomic mass is 10.0. The van der Waals surface area contributed by atoms with E-state index < -0.39 is 0 Å². The molecular weight excluding hydrogens is 367 g/mol. The van der Waals surface area contributed by atoms with Crippen molar-refractivity contribution in [3.63, 3.8) is 0 Å². The molecule has 0 saturated carbocycles. The highest BCUT2D eigenvalue weighted by molar-refractivity contribution is 7.09. The summed E-state index contributed by atoms with van der Waals surface area (Å²) in [6.07, 6.45) is 3.73. The molecule has 3 rings (SSSR count). The first-order valence-electron chi connectivity index (χ1n) is 7.52. The Morgan fingerprint density at radius 1 is 1.33 bits per heavy atom. The second kappa shape index (κ2) is 7.51. The number of halogens is 2. The number of carbonyl (C=O) groups excluding carboxylic acids is 1. The number of piperidine rings is 1. The summed E-state index contributed by atoms with van der Waals surface area (Å²) in [5.74, 6) is 0.666. The van der Waals surface area contributed by atoms with Crippen LogP contribution < -0.4 is 5.32 Å². The maximum Gasteiger partial charge on any atom is 0.323 e. The van der Waals surface area contributed by atoms with Crippen molar-refractivity contribution in [1.29, 1.82) is 0 Å². The van der Waals surface area contributed by atoms with Crippen LogP contribution >= 0.6 is 34.7 Å². The summed E-state index contributed by atoms with van der Waals surface area (Å²) in [7, 11) is 0. The van der Waals surface area contributed by atoms with E-state index in [1.807, 2.05) is 12.1 Å². The first kappa shape index (κ1) is 17.2. The Morgan fingerprint density at radius 3 is 2.71 bits per heavy atom. The number of urea groups is 1. The summed E-state index contributed by atoms with van der Waals surface area (Å²) < 4.78 is 4.05. The largest absolute Gasteiger partial charge is 0.324 e. The van der Waals surface area contributed by atoms with Gasteiger partial charge in [-0.3, -0.25) is 5.32 Å². The van der Waals surface area contributed by atoms with Crippen LogP contribution in [0.3, 0.4) is 0 Å². The van der Waals surface area contributed by atoms with E-state index in [0.717, 1.165) is 18.4 Å². The summed E-state index contributed by atoms with van der Waals surface area (Å²) in [6, 6.07) is 5.35. The van der Waals surface area contributed by atoms with Gasteiger partial charge in [0, 0.05) is 34.7 Å². The first-order chi connectivity index (χ1) is 11.5. The Hall–Kier alpha value is -1.63. The number of carbonyl (C=O) groups is 1. The lowest BCUT2D eigenvalue weighted by molar-refractivity contribution is 0.208. The van der Waals surface area contributed by atoms with Crippen LogP contribution in [0.25, 0.3) is 6.08 Å². The molecule has 24 heavy (non-hydrogen) atoms. The minimum absolute atomic E-state index is 0.130. The zero-order valence-corrected chi connectivity index (χ0v) is 15.4. The van der Waals surface area contributed by atoms with Gasteiger partial charge >= 0.3 is 6.03 Å². The van der Waals surface area contributed by atoms with Crippen LogP contribution in [-0.4, -0.2) is 33.4 Å². The van der Waals surface area contributed by atoms with Gasteiger partial charge in [-0.25, -0.2) is 9.78 Å². The minimum Gasteiger partial charge on any atom is -0.324 e. The van der Waals surface area contributed by atoms with Crippen molar-refractivity contribution >= 4 is 52.0 Å². The first-order valence-corrected chi connectivity index (χ1v) is 9.05. The molecule has 0 unspecified atom stereocenters. The van der Waals surface area contributed by atoms with Gasteiger partial charge in [0.25, 0.3) is 0 Å². The van der Waals surface area contributed by atoms with Crippen molar-refractivity contribution < 1.29 is 4.79 Å². The second-order valence-electron chi connectivity index (χ2n) is 5.53. The summed E-state index contributed by atoms with van der Waals surface area (Å²) in [5.41, 5.74) is 2.23. The van der Waals surface area contributed by atoms with Gasteiger partial charge in [0.2, 0.25) is 5.13 Å². The van der Waals surface area contributed by atoms with Crippen LogP contribution in [0.15, 0.2) is 23.8 Å². The molecule has 0 bridgehead atoms. The quantitative estimate of drug-likeness (QED) is 0.805. The van der Waals surface area contributed by atoms with E-state index in [0.29, 0.717) is 34.1 Å². The number of amides is 2. The Balaban J connectivity index is 1.59. The number of hydrogen-bond donors (Lipinski definition) is 1. The molecule has 0 spiro atoms. The van der Waals surface area contributed by atoms with Gasteiger partial charge in [-0.05, 0) is 37.5 Å². The fraction of sp³-hybridized carbons (Fsp3) is 0.312. The molecule has 2 heterocycles. The predicted molar refractivity (Wildman–Crippen MR) is 98.9 cm³/mol. The average molecular weight is 383 g/mol. The zero-order chi connectivity index (χ0) is 17.1. The lowest BCUT2D eigenvalue weighted by Gasteiger charge is -2.28. The van der Waals surface area contributed by atoms with E-state index in [1.54, 1.807) is 17.9 Å². The number of aryl methyl sites for hydroxylation is 1. The molecule has 8 heteroatoms. The predicted octanol–water partition coefficient (Wildman–Crippen LogP) is 4.86. The monoisotopic (exact) mass is 382 g/mol. The Bertz CT molecular complexity index is 780. The Labute approximate surface area is 154 Å². The van der Waals surface area contributed by atoms with Gasteiger partial charge in [-0.15, -0.1) is 0 Å². The van der Waals surface area contributed by atoms with Gasteiger partial charge in [0.1, 0.15) is 5.82 Å². The number of likely N-dealkylation sites (tertiary alicyclic amines) is 1. The molecule has 1 aliphatic heterocycles. The molecule has 1 N–H and O–H groups in total. The highest BCUT2D eigenvalue weighted by atomic mass is 35.5. The van der Waals surface area contributed by atoms with Crippen molar-refractivity contribution in [2.45, 2.75) is 19.8 Å². The Morgan fingerprint density at radius 2 is 2.08 bits per heavy atom. The topological polar surface area (TPSA) is 58.1 Å². The zero-order valence-electron chi connectivity index (χ0n) is 13.1. The smallest absolute Gasteiger partial charge is 0.323 e. The number of anilines is 1. The molecule has 1 fully saturated rings. The summed E-state index contributed by atoms with van der Waals surface area (Å²) >= 11 is 13.3. The van der Waals surface area contributed by atoms with Crippen molar-refractivity contribution in [3.05, 3.63) is 45.2 Å². The normalized spacial score (nSPS) is 14.6. The number of rotatable bonds is 2. The van der Waals surface area contributed by atoms with E-state index in [4.69, 9.17) is 23.2 Å². The molecule has 2 amide bonds. The highest BCUT2D eigenvalue weighted by Gasteiger charge is 2.20. The van der Waals surface area contributed by atoms with Crippen LogP contribution in [0.4, 0.5) is 9.93 Å². The summed E-state index contributed by atoms with van der Waals surface area (Å²) in [5, 5.41) is 4.59. The van der Waals surface area contributed by atoms with E-state index in [9.17, 15) is 4.79 Å². The van der Waals surface area contributed by atoms with E-state index in [-0.39, 0.29) is 6.03 Å². The van der Waals surface area contributed by atoms with Crippen LogP contribution in [-0.2, 0) is 0 Å². The maximum atomic E-state index is 12.2. The molecule has 126 valence electrons. The van der Waals surface area contributed by atoms with Gasteiger partial charge in [0.05, 0.1) is 0 Å². The minimum atomic E-state index is -0.130. The number of hydrogen-bond acceptors (Lipinski definition) is 4. The van der Waals surface area contributed by atoms with Crippen LogP contribution in [0.5, 0.6) is 0 Å². The molecule has 0 aliphatic carbocycles. The van der Waals surface area contributed by atoms with Gasteiger partial charge < -0.3 is 4.90 Å². The van der Waals surface area contributed by atoms with Crippen molar-refractivity contribution in [2.75, 3.05) is 18.4 Å². The van der Waals surface area contributed by atoms with E-state index in [1.165, 1.54) is 17.1 Å². The third-order valence-electron chi connectivity index (χ3n) is 3.76. The third-order valence-corrected chi connectivity index (χ3v) is 5.04. The molecular formula is C16H16Cl2N4OS. The number of benzene rings is 1. The number of nitrogens with one attached hydrogen (secondary N) is 1. The molecule has 1 aliphatic rings. The lowest BCUT2D eigenvalue weighted by Crippen LogP contribution is -2.39. The molecule has 5 nitrogen and oxygen atoms in total. The maximum absolute atomic E-state index is 12.2. The van der Waals surface area contributed by atoms with Crippen molar-refractivity contribution in [1.82, 2.24) is 14.3 Å². The van der Waals surface area contributed by atoms with Crippen molar-refractivity contribution in [2.24, 2.45) is 0 Å². The fourth-order valence-electron chi connectivity index (χ4n) is 2.50. The van der Waals surface area contributed by atoms with Crippen LogP contribution in [0.2, 0.25) is 10.0 Å². The molecule has 0 atom stereocenters.